The number of ketones is 1. The van der Waals surface area contributed by atoms with Crippen molar-refractivity contribution in [1.82, 2.24) is 0 Å². The van der Waals surface area contributed by atoms with Crippen LogP contribution in [-0.4, -0.2) is 38.9 Å². The van der Waals surface area contributed by atoms with Crippen LogP contribution < -0.4 is 0 Å². The number of methoxy groups -OCH3 is 2. The average molecular weight is 254 g/mol. The molecular weight excluding hydrogens is 236 g/mol. The molecule has 0 aromatic heterocycles. The number of hydrogen-bond acceptors (Lipinski definition) is 5. The molecule has 0 spiro atoms. The van der Waals surface area contributed by atoms with Gasteiger partial charge in [-0.1, -0.05) is 12.2 Å². The van der Waals surface area contributed by atoms with Crippen molar-refractivity contribution in [3.8, 4) is 0 Å². The smallest absolute Gasteiger partial charge is 0.312 e. The van der Waals surface area contributed by atoms with Gasteiger partial charge in [-0.15, -0.1) is 0 Å². The molecule has 2 aliphatic rings. The van der Waals surface area contributed by atoms with Crippen LogP contribution in [0.4, 0.5) is 0 Å². The molecule has 2 rings (SSSR count). The molecule has 0 heterocycles. The van der Waals surface area contributed by atoms with Crippen LogP contribution in [0, 0.1) is 17.8 Å². The highest BCUT2D eigenvalue weighted by Gasteiger charge is 2.47. The minimum Gasteiger partial charge on any atom is -0.469 e. The molecule has 1 fully saturated rings. The van der Waals surface area contributed by atoms with E-state index in [9.17, 15) is 9.59 Å². The third-order valence-corrected chi connectivity index (χ3v) is 3.73. The molecule has 4 atom stereocenters. The van der Waals surface area contributed by atoms with Crippen molar-refractivity contribution in [2.45, 2.75) is 18.9 Å². The lowest BCUT2D eigenvalue weighted by atomic mass is 9.76. The van der Waals surface area contributed by atoms with Crippen molar-refractivity contribution in [1.29, 1.82) is 0 Å². The molecule has 5 nitrogen and oxygen atoms in total. The van der Waals surface area contributed by atoms with Gasteiger partial charge in [0.15, 0.2) is 0 Å². The molecule has 1 saturated carbocycles. The summed E-state index contributed by atoms with van der Waals surface area (Å²) in [6.45, 7) is 0.147. The lowest BCUT2D eigenvalue weighted by molar-refractivity contribution is -0.148. The van der Waals surface area contributed by atoms with E-state index in [-0.39, 0.29) is 42.4 Å². The SMILES string of the molecule is COCO[C@@H]1C=C[C@H](C(=O)OC)[C@@H]2CCC(=O)[C@@H]21. The van der Waals surface area contributed by atoms with Crippen molar-refractivity contribution < 1.29 is 23.8 Å². The maximum atomic E-state index is 11.9. The molecule has 0 aliphatic heterocycles. The molecule has 0 aromatic carbocycles. The Morgan fingerprint density at radius 1 is 1.39 bits per heavy atom. The van der Waals surface area contributed by atoms with Crippen LogP contribution >= 0.6 is 0 Å². The summed E-state index contributed by atoms with van der Waals surface area (Å²) in [5.41, 5.74) is 0. The van der Waals surface area contributed by atoms with Gasteiger partial charge in [-0.3, -0.25) is 9.59 Å². The Morgan fingerprint density at radius 2 is 2.17 bits per heavy atom. The zero-order valence-electron chi connectivity index (χ0n) is 10.6. The summed E-state index contributed by atoms with van der Waals surface area (Å²) in [5.74, 6) is -0.680. The number of carbonyl (C=O) groups is 2. The third-order valence-electron chi connectivity index (χ3n) is 3.73. The standard InChI is InChI=1S/C13H18O5/c1-16-7-18-11-6-4-9(13(15)17-2)8-3-5-10(14)12(8)11/h4,6,8-9,11-12H,3,5,7H2,1-2H3/t8-,9-,11+,12+/m0/s1. The van der Waals surface area contributed by atoms with Crippen LogP contribution in [-0.2, 0) is 23.8 Å². The van der Waals surface area contributed by atoms with Gasteiger partial charge >= 0.3 is 5.97 Å². The Bertz CT molecular complexity index is 362. The lowest BCUT2D eigenvalue weighted by Crippen LogP contribution is -2.39. The minimum absolute atomic E-state index is 0.00296. The van der Waals surface area contributed by atoms with Crippen molar-refractivity contribution in [3.05, 3.63) is 12.2 Å². The van der Waals surface area contributed by atoms with Gasteiger partial charge in [0.1, 0.15) is 12.6 Å². The highest BCUT2D eigenvalue weighted by atomic mass is 16.7. The predicted molar refractivity (Wildman–Crippen MR) is 62.6 cm³/mol. The van der Waals surface area contributed by atoms with Gasteiger partial charge in [-0.25, -0.2) is 0 Å². The Balaban J connectivity index is 2.17. The van der Waals surface area contributed by atoms with E-state index < -0.39 is 0 Å². The van der Waals surface area contributed by atoms with Crippen LogP contribution in [0.3, 0.4) is 0 Å². The summed E-state index contributed by atoms with van der Waals surface area (Å²) < 4.78 is 15.1. The highest BCUT2D eigenvalue weighted by molar-refractivity contribution is 5.87. The Labute approximate surface area is 106 Å². The molecular formula is C13H18O5. The van der Waals surface area contributed by atoms with Crippen LogP contribution in [0.1, 0.15) is 12.8 Å². The maximum Gasteiger partial charge on any atom is 0.312 e. The first-order valence-electron chi connectivity index (χ1n) is 6.08. The van der Waals surface area contributed by atoms with Gasteiger partial charge < -0.3 is 14.2 Å². The van der Waals surface area contributed by atoms with Crippen molar-refractivity contribution in [2.75, 3.05) is 21.0 Å². The molecule has 0 saturated heterocycles. The van der Waals surface area contributed by atoms with Gasteiger partial charge in [-0.2, -0.15) is 0 Å². The molecule has 0 bridgehead atoms. The monoisotopic (exact) mass is 254 g/mol. The zero-order chi connectivity index (χ0) is 13.1. The number of carbonyl (C=O) groups excluding carboxylic acids is 2. The average Bonchev–Trinajstić information content (AvgIpc) is 2.78. The second-order valence-electron chi connectivity index (χ2n) is 4.67. The van der Waals surface area contributed by atoms with Crippen molar-refractivity contribution in [3.63, 3.8) is 0 Å². The van der Waals surface area contributed by atoms with Crippen molar-refractivity contribution >= 4 is 11.8 Å². The number of Topliss-reactive ketones (excluding diaryl/α,β-unsaturated/α-hetero) is 1. The second-order valence-corrected chi connectivity index (χ2v) is 4.67. The molecule has 100 valence electrons. The molecule has 0 unspecified atom stereocenters. The lowest BCUT2D eigenvalue weighted by Gasteiger charge is -2.32. The Morgan fingerprint density at radius 3 is 2.83 bits per heavy atom. The summed E-state index contributed by atoms with van der Waals surface area (Å²) in [6.07, 6.45) is 4.53. The zero-order valence-corrected chi connectivity index (χ0v) is 10.6. The van der Waals surface area contributed by atoms with Gasteiger partial charge in [0.2, 0.25) is 0 Å². The first-order valence-corrected chi connectivity index (χ1v) is 6.08. The number of rotatable bonds is 4. The predicted octanol–water partition coefficient (Wildman–Crippen LogP) is 0.930. The van der Waals surface area contributed by atoms with Crippen molar-refractivity contribution in [2.24, 2.45) is 17.8 Å². The summed E-state index contributed by atoms with van der Waals surface area (Å²) in [4.78, 5) is 23.6. The van der Waals surface area contributed by atoms with E-state index in [1.165, 1.54) is 14.2 Å². The second kappa shape index (κ2) is 5.63. The summed E-state index contributed by atoms with van der Waals surface area (Å²) >= 11 is 0. The van der Waals surface area contributed by atoms with Gasteiger partial charge in [-0.05, 0) is 12.3 Å². The fraction of sp³-hybridized carbons (Fsp3) is 0.692. The molecule has 0 amide bonds. The Hall–Kier alpha value is -1.20. The molecule has 5 heteroatoms. The first-order chi connectivity index (χ1) is 8.69. The number of fused-ring (bicyclic) bond motifs is 1. The normalized spacial score (nSPS) is 34.4. The third kappa shape index (κ3) is 2.33. The van der Waals surface area contributed by atoms with E-state index in [0.29, 0.717) is 6.42 Å². The van der Waals surface area contributed by atoms with E-state index in [1.807, 2.05) is 0 Å². The van der Waals surface area contributed by atoms with Gasteiger partial charge in [0.25, 0.3) is 0 Å². The minimum atomic E-state index is -0.325. The van der Waals surface area contributed by atoms with E-state index in [4.69, 9.17) is 14.2 Å². The van der Waals surface area contributed by atoms with Gasteiger partial charge in [0, 0.05) is 13.5 Å². The summed E-state index contributed by atoms with van der Waals surface area (Å²) in [6, 6.07) is 0. The quantitative estimate of drug-likeness (QED) is 0.424. The van der Waals surface area contributed by atoms with Crippen LogP contribution in [0.25, 0.3) is 0 Å². The fourth-order valence-corrected chi connectivity index (χ4v) is 2.91. The number of esters is 1. The first kappa shape index (κ1) is 13.2. The number of hydrogen-bond donors (Lipinski definition) is 0. The van der Waals surface area contributed by atoms with Crippen LogP contribution in [0.5, 0.6) is 0 Å². The Kier molecular flexibility index (Phi) is 4.14. The molecule has 0 radical (unpaired) electrons. The summed E-state index contributed by atoms with van der Waals surface area (Å²) in [5, 5.41) is 0. The molecule has 18 heavy (non-hydrogen) atoms. The summed E-state index contributed by atoms with van der Waals surface area (Å²) in [7, 11) is 2.91. The topological polar surface area (TPSA) is 61.8 Å². The van der Waals surface area contributed by atoms with Gasteiger partial charge in [0.05, 0.1) is 25.0 Å². The number of ether oxygens (including phenoxy) is 3. The van der Waals surface area contributed by atoms with Crippen LogP contribution in [0.2, 0.25) is 0 Å². The highest BCUT2D eigenvalue weighted by Crippen LogP contribution is 2.42. The fourth-order valence-electron chi connectivity index (χ4n) is 2.91. The maximum absolute atomic E-state index is 11.9. The largest absolute Gasteiger partial charge is 0.469 e. The van der Waals surface area contributed by atoms with Crippen LogP contribution in [0.15, 0.2) is 12.2 Å². The molecule has 2 aliphatic carbocycles. The van der Waals surface area contributed by atoms with E-state index in [0.717, 1.165) is 6.42 Å². The molecule has 0 aromatic rings. The molecule has 0 N–H and O–H groups in total. The van der Waals surface area contributed by atoms with E-state index in [2.05, 4.69) is 0 Å². The van der Waals surface area contributed by atoms with E-state index >= 15 is 0 Å². The van der Waals surface area contributed by atoms with E-state index in [1.54, 1.807) is 12.2 Å².